The molecule has 0 aromatic heterocycles. The van der Waals surface area contributed by atoms with Crippen LogP contribution in [0.1, 0.15) is 51.4 Å². The molecule has 1 amide bonds. The van der Waals surface area contributed by atoms with Gasteiger partial charge in [0.05, 0.1) is 11.9 Å². The second-order valence-corrected chi connectivity index (χ2v) is 8.65. The number of ether oxygens (including phenoxy) is 1. The van der Waals surface area contributed by atoms with Gasteiger partial charge in [-0.2, -0.15) is 11.8 Å². The predicted molar refractivity (Wildman–Crippen MR) is 100 cm³/mol. The van der Waals surface area contributed by atoms with Crippen molar-refractivity contribution >= 4 is 17.7 Å². The van der Waals surface area contributed by atoms with E-state index < -0.39 is 0 Å². The lowest BCUT2D eigenvalue weighted by atomic mass is 9.94. The summed E-state index contributed by atoms with van der Waals surface area (Å²) in [6.07, 6.45) is 12.7. The number of thioether (sulfide) groups is 1. The van der Waals surface area contributed by atoms with E-state index in [-0.39, 0.29) is 6.10 Å². The van der Waals surface area contributed by atoms with Crippen LogP contribution < -0.4 is 0 Å². The Balaban J connectivity index is 1.47. The molecule has 0 unspecified atom stereocenters. The van der Waals surface area contributed by atoms with Crippen molar-refractivity contribution in [2.24, 2.45) is 5.92 Å². The minimum Gasteiger partial charge on any atom is -0.376 e. The molecule has 0 N–H and O–H groups in total. The molecule has 2 heterocycles. The van der Waals surface area contributed by atoms with Crippen LogP contribution >= 0.6 is 11.8 Å². The summed E-state index contributed by atoms with van der Waals surface area (Å²) >= 11 is 1.63. The van der Waals surface area contributed by atoms with Gasteiger partial charge in [0, 0.05) is 25.7 Å². The van der Waals surface area contributed by atoms with Gasteiger partial charge in [-0.15, -0.1) is 0 Å². The Kier molecular flexibility index (Phi) is 7.29. The third kappa shape index (κ3) is 5.12. The van der Waals surface area contributed by atoms with Crippen LogP contribution in [0, 0.1) is 5.92 Å². The molecular weight excluding hydrogens is 320 g/mol. The van der Waals surface area contributed by atoms with Crippen LogP contribution in [0.25, 0.3) is 0 Å². The van der Waals surface area contributed by atoms with Crippen LogP contribution in [0.3, 0.4) is 0 Å². The minimum absolute atomic E-state index is 0.273. The summed E-state index contributed by atoms with van der Waals surface area (Å²) in [5.41, 5.74) is 0. The van der Waals surface area contributed by atoms with Crippen molar-refractivity contribution in [1.29, 1.82) is 0 Å². The van der Waals surface area contributed by atoms with E-state index in [1.165, 1.54) is 51.6 Å². The van der Waals surface area contributed by atoms with E-state index >= 15 is 0 Å². The average molecular weight is 355 g/mol. The van der Waals surface area contributed by atoms with Crippen LogP contribution in [0.5, 0.6) is 0 Å². The molecule has 0 spiro atoms. The molecule has 3 aliphatic rings. The lowest BCUT2D eigenvalue weighted by molar-refractivity contribution is -0.130. The molecule has 4 nitrogen and oxygen atoms in total. The summed E-state index contributed by atoms with van der Waals surface area (Å²) < 4.78 is 5.78. The van der Waals surface area contributed by atoms with Gasteiger partial charge in [0.2, 0.25) is 5.91 Å². The number of piperidine rings is 1. The van der Waals surface area contributed by atoms with E-state index in [0.717, 1.165) is 38.6 Å². The van der Waals surface area contributed by atoms with Gasteiger partial charge in [-0.25, -0.2) is 0 Å². The number of hydrogen-bond donors (Lipinski definition) is 0. The van der Waals surface area contributed by atoms with E-state index in [1.54, 1.807) is 11.8 Å². The van der Waals surface area contributed by atoms with Crippen molar-refractivity contribution in [1.82, 2.24) is 9.80 Å². The Morgan fingerprint density at radius 1 is 1.08 bits per heavy atom. The standard InChI is InChI=1S/C19H34N2O2S/c1-24-15-19(22)21(14-18-7-4-12-23-18)13-16-8-10-20(11-9-16)17-5-2-3-6-17/h16-18H,2-15H2,1H3/t18-/m0/s1. The second-order valence-electron chi connectivity index (χ2n) is 7.78. The van der Waals surface area contributed by atoms with Gasteiger partial charge in [-0.3, -0.25) is 4.79 Å². The summed E-state index contributed by atoms with van der Waals surface area (Å²) in [7, 11) is 0. The average Bonchev–Trinajstić information content (AvgIpc) is 3.29. The number of amides is 1. The third-order valence-electron chi connectivity index (χ3n) is 6.04. The Labute approximate surface area is 151 Å². The zero-order chi connectivity index (χ0) is 16.8. The highest BCUT2D eigenvalue weighted by molar-refractivity contribution is 7.99. The quantitative estimate of drug-likeness (QED) is 0.704. The van der Waals surface area contributed by atoms with E-state index in [2.05, 4.69) is 9.80 Å². The molecule has 0 radical (unpaired) electrons. The monoisotopic (exact) mass is 354 g/mol. The molecule has 138 valence electrons. The second kappa shape index (κ2) is 9.44. The number of hydrogen-bond acceptors (Lipinski definition) is 4. The van der Waals surface area contributed by atoms with Crippen LogP contribution in [0.2, 0.25) is 0 Å². The van der Waals surface area contributed by atoms with Crippen molar-refractivity contribution in [3.05, 3.63) is 0 Å². The van der Waals surface area contributed by atoms with Gasteiger partial charge in [-0.1, -0.05) is 12.8 Å². The molecule has 0 aromatic rings. The van der Waals surface area contributed by atoms with Crippen LogP contribution in [-0.2, 0) is 9.53 Å². The Morgan fingerprint density at radius 2 is 1.83 bits per heavy atom. The number of nitrogens with zero attached hydrogens (tertiary/aromatic N) is 2. The van der Waals surface area contributed by atoms with E-state index in [4.69, 9.17) is 4.74 Å². The lowest BCUT2D eigenvalue weighted by Crippen LogP contribution is -2.46. The fourth-order valence-corrected chi connectivity index (χ4v) is 5.04. The molecule has 24 heavy (non-hydrogen) atoms. The number of carbonyl (C=O) groups excluding carboxylic acids is 1. The normalized spacial score (nSPS) is 27.0. The summed E-state index contributed by atoms with van der Waals surface area (Å²) in [6, 6.07) is 0.854. The number of rotatable bonds is 7. The van der Waals surface area contributed by atoms with Crippen molar-refractivity contribution in [3.63, 3.8) is 0 Å². The maximum absolute atomic E-state index is 12.5. The SMILES string of the molecule is CSCC(=O)N(CC1CCN(C2CCCC2)CC1)C[C@@H]1CCCO1. The zero-order valence-electron chi connectivity index (χ0n) is 15.3. The molecule has 5 heteroatoms. The van der Waals surface area contributed by atoms with E-state index in [1.807, 2.05) is 6.26 Å². The van der Waals surface area contributed by atoms with Gasteiger partial charge in [0.15, 0.2) is 0 Å². The molecule has 3 fully saturated rings. The van der Waals surface area contributed by atoms with Crippen LogP contribution in [0.15, 0.2) is 0 Å². The predicted octanol–water partition coefficient (Wildman–Crippen LogP) is 3.01. The third-order valence-corrected chi connectivity index (χ3v) is 6.57. The molecule has 2 saturated heterocycles. The topological polar surface area (TPSA) is 32.8 Å². The molecular formula is C19H34N2O2S. The highest BCUT2D eigenvalue weighted by atomic mass is 32.2. The molecule has 0 bridgehead atoms. The van der Waals surface area contributed by atoms with Crippen molar-refractivity contribution in [2.75, 3.05) is 44.8 Å². The van der Waals surface area contributed by atoms with Crippen molar-refractivity contribution < 1.29 is 9.53 Å². The minimum atomic E-state index is 0.273. The van der Waals surface area contributed by atoms with E-state index in [9.17, 15) is 4.79 Å². The van der Waals surface area contributed by atoms with Crippen molar-refractivity contribution in [2.45, 2.75) is 63.5 Å². The molecule has 1 atom stereocenters. The Bertz CT molecular complexity index is 387. The van der Waals surface area contributed by atoms with Gasteiger partial charge in [0.25, 0.3) is 0 Å². The Morgan fingerprint density at radius 3 is 2.46 bits per heavy atom. The molecule has 2 aliphatic heterocycles. The fraction of sp³-hybridized carbons (Fsp3) is 0.947. The first-order valence-electron chi connectivity index (χ1n) is 9.88. The maximum atomic E-state index is 12.5. The van der Waals surface area contributed by atoms with Gasteiger partial charge >= 0.3 is 0 Å². The van der Waals surface area contributed by atoms with Crippen molar-refractivity contribution in [3.8, 4) is 0 Å². The summed E-state index contributed by atoms with van der Waals surface area (Å²) in [5, 5.41) is 0. The summed E-state index contributed by atoms with van der Waals surface area (Å²) in [5.74, 6) is 1.58. The molecule has 3 rings (SSSR count). The fourth-order valence-electron chi connectivity index (χ4n) is 4.61. The summed E-state index contributed by atoms with van der Waals surface area (Å²) in [6.45, 7) is 5.09. The van der Waals surface area contributed by atoms with Crippen LogP contribution in [-0.4, -0.2) is 72.6 Å². The highest BCUT2D eigenvalue weighted by Crippen LogP contribution is 2.28. The Hall–Kier alpha value is -0.260. The van der Waals surface area contributed by atoms with Crippen LogP contribution in [0.4, 0.5) is 0 Å². The highest BCUT2D eigenvalue weighted by Gasteiger charge is 2.30. The first-order chi connectivity index (χ1) is 11.8. The van der Waals surface area contributed by atoms with Gasteiger partial charge in [0.1, 0.15) is 0 Å². The first kappa shape index (κ1) is 18.5. The maximum Gasteiger partial charge on any atom is 0.232 e. The molecule has 1 saturated carbocycles. The number of carbonyl (C=O) groups is 1. The van der Waals surface area contributed by atoms with E-state index in [0.29, 0.717) is 17.6 Å². The molecule has 1 aliphatic carbocycles. The lowest BCUT2D eigenvalue weighted by Gasteiger charge is -2.38. The zero-order valence-corrected chi connectivity index (χ0v) is 16.1. The first-order valence-corrected chi connectivity index (χ1v) is 11.3. The van der Waals surface area contributed by atoms with Gasteiger partial charge < -0.3 is 14.5 Å². The largest absolute Gasteiger partial charge is 0.376 e. The smallest absolute Gasteiger partial charge is 0.232 e. The summed E-state index contributed by atoms with van der Waals surface area (Å²) in [4.78, 5) is 17.4. The van der Waals surface area contributed by atoms with Gasteiger partial charge in [-0.05, 0) is 63.8 Å². The number of likely N-dealkylation sites (tertiary alicyclic amines) is 1. The molecule has 0 aromatic carbocycles.